The Morgan fingerprint density at radius 2 is 1.56 bits per heavy atom. The van der Waals surface area contributed by atoms with Crippen molar-refractivity contribution in [2.45, 2.75) is 33.6 Å². The molecule has 0 aliphatic heterocycles. The lowest BCUT2D eigenvalue weighted by Gasteiger charge is -2.07. The molecule has 142 valence electrons. The molecule has 0 radical (unpaired) electrons. The summed E-state index contributed by atoms with van der Waals surface area (Å²) in [5, 5.41) is 0. The molecular formula is C20H22N2O5. The van der Waals surface area contributed by atoms with Gasteiger partial charge in [0.2, 0.25) is 0 Å². The first kappa shape index (κ1) is 20.2. The minimum Gasteiger partial charge on any atom is -0.462 e. The fourth-order valence-electron chi connectivity index (χ4n) is 2.45. The summed E-state index contributed by atoms with van der Waals surface area (Å²) in [6.07, 6.45) is 1.64. The molecule has 0 saturated heterocycles. The number of carbonyl (C=O) groups is 3. The second-order valence-electron chi connectivity index (χ2n) is 5.82. The number of aryl methyl sites for hydroxylation is 1. The maximum Gasteiger partial charge on any atom is 0.341 e. The minimum atomic E-state index is -0.477. The predicted molar refractivity (Wildman–Crippen MR) is 97.5 cm³/mol. The van der Waals surface area contributed by atoms with Gasteiger partial charge in [-0.05, 0) is 38.5 Å². The van der Waals surface area contributed by atoms with Crippen LogP contribution in [0, 0.1) is 6.92 Å². The van der Waals surface area contributed by atoms with Gasteiger partial charge in [0.25, 0.3) is 0 Å². The first-order valence-corrected chi connectivity index (χ1v) is 8.72. The van der Waals surface area contributed by atoms with Crippen LogP contribution in [-0.4, -0.2) is 40.9 Å². The third kappa shape index (κ3) is 5.70. The Labute approximate surface area is 157 Å². The number of benzene rings is 1. The smallest absolute Gasteiger partial charge is 0.341 e. The molecule has 0 aliphatic rings. The van der Waals surface area contributed by atoms with E-state index in [2.05, 4.69) is 9.97 Å². The summed E-state index contributed by atoms with van der Waals surface area (Å²) in [7, 11) is 0. The average Bonchev–Trinajstić information content (AvgIpc) is 2.62. The van der Waals surface area contributed by atoms with Gasteiger partial charge < -0.3 is 9.47 Å². The van der Waals surface area contributed by atoms with Crippen LogP contribution in [-0.2, 0) is 27.1 Å². The van der Waals surface area contributed by atoms with E-state index in [0.717, 1.165) is 5.56 Å². The Morgan fingerprint density at radius 3 is 2.15 bits per heavy atom. The van der Waals surface area contributed by atoms with E-state index in [4.69, 9.17) is 9.47 Å². The molecule has 0 spiro atoms. The summed E-state index contributed by atoms with van der Waals surface area (Å²) in [5.74, 6) is -0.577. The van der Waals surface area contributed by atoms with E-state index in [9.17, 15) is 14.4 Å². The van der Waals surface area contributed by atoms with Gasteiger partial charge in [0.15, 0.2) is 0 Å². The summed E-state index contributed by atoms with van der Waals surface area (Å²) in [5.41, 5.74) is 2.00. The van der Waals surface area contributed by atoms with Gasteiger partial charge in [-0.25, -0.2) is 19.6 Å². The Bertz CT molecular complexity index is 831. The minimum absolute atomic E-state index is 0.0591. The molecular weight excluding hydrogens is 348 g/mol. The van der Waals surface area contributed by atoms with E-state index in [-0.39, 0.29) is 31.2 Å². The highest BCUT2D eigenvalue weighted by Crippen LogP contribution is 2.10. The number of carbonyl (C=O) groups excluding carboxylic acids is 3. The highest BCUT2D eigenvalue weighted by molar-refractivity contribution is 5.90. The van der Waals surface area contributed by atoms with Gasteiger partial charge in [-0.1, -0.05) is 12.1 Å². The first-order valence-electron chi connectivity index (χ1n) is 8.72. The fourth-order valence-corrected chi connectivity index (χ4v) is 2.45. The van der Waals surface area contributed by atoms with Gasteiger partial charge in [0, 0.05) is 12.6 Å². The molecule has 1 aromatic heterocycles. The van der Waals surface area contributed by atoms with Crippen LogP contribution < -0.4 is 0 Å². The van der Waals surface area contributed by atoms with Crippen LogP contribution in [0.3, 0.4) is 0 Å². The number of rotatable bonds is 8. The zero-order valence-electron chi connectivity index (χ0n) is 15.7. The molecule has 2 aromatic rings. The normalized spacial score (nSPS) is 10.3. The van der Waals surface area contributed by atoms with Gasteiger partial charge in [-0.3, -0.25) is 4.79 Å². The number of ketones is 1. The molecule has 7 nitrogen and oxygen atoms in total. The third-order valence-electron chi connectivity index (χ3n) is 3.75. The first-order chi connectivity index (χ1) is 12.9. The summed E-state index contributed by atoms with van der Waals surface area (Å²) in [6, 6.07) is 6.71. The second kappa shape index (κ2) is 9.56. The molecule has 1 aromatic carbocycles. The number of hydrogen-bond donors (Lipinski definition) is 0. The van der Waals surface area contributed by atoms with E-state index in [1.165, 1.54) is 6.20 Å². The molecule has 0 aliphatic carbocycles. The molecule has 7 heteroatoms. The maximum atomic E-state index is 12.3. The van der Waals surface area contributed by atoms with E-state index >= 15 is 0 Å². The van der Waals surface area contributed by atoms with Crippen LogP contribution in [0.15, 0.2) is 30.5 Å². The van der Waals surface area contributed by atoms with Gasteiger partial charge in [0.05, 0.1) is 36.5 Å². The lowest BCUT2D eigenvalue weighted by atomic mass is 10.0. The summed E-state index contributed by atoms with van der Waals surface area (Å²) < 4.78 is 9.86. The maximum absolute atomic E-state index is 12.3. The molecule has 0 N–H and O–H groups in total. The molecule has 0 bridgehead atoms. The average molecular weight is 370 g/mol. The van der Waals surface area contributed by atoms with Crippen LogP contribution >= 0.6 is 0 Å². The van der Waals surface area contributed by atoms with Gasteiger partial charge in [-0.2, -0.15) is 0 Å². The number of ether oxygens (including phenoxy) is 2. The van der Waals surface area contributed by atoms with Gasteiger partial charge in [-0.15, -0.1) is 0 Å². The lowest BCUT2D eigenvalue weighted by molar-refractivity contribution is -0.117. The van der Waals surface area contributed by atoms with Gasteiger partial charge >= 0.3 is 11.9 Å². The van der Waals surface area contributed by atoms with Crippen LogP contribution in [0.5, 0.6) is 0 Å². The summed E-state index contributed by atoms with van der Waals surface area (Å²) >= 11 is 0. The zero-order valence-corrected chi connectivity index (χ0v) is 15.7. The quantitative estimate of drug-likeness (QED) is 0.659. The second-order valence-corrected chi connectivity index (χ2v) is 5.82. The molecule has 0 unspecified atom stereocenters. The molecule has 0 saturated carbocycles. The number of aromatic nitrogens is 2. The Hall–Kier alpha value is -3.09. The number of esters is 2. The SMILES string of the molecule is CCOC(=O)c1ccc(CC(=O)Cc2ncc(C(=O)OCC)c(C)n2)cc1. The van der Waals surface area contributed by atoms with Crippen molar-refractivity contribution in [3.8, 4) is 0 Å². The standard InChI is InChI=1S/C20H22N2O5/c1-4-26-19(24)15-8-6-14(7-9-15)10-16(23)11-18-21-12-17(13(3)22-18)20(25)27-5-2/h6-9,12H,4-5,10-11H2,1-3H3. The summed E-state index contributed by atoms with van der Waals surface area (Å²) in [4.78, 5) is 44.0. The van der Waals surface area contributed by atoms with Crippen molar-refractivity contribution in [2.24, 2.45) is 0 Å². The van der Waals surface area contributed by atoms with Crippen LogP contribution in [0.4, 0.5) is 0 Å². The Kier molecular flexibility index (Phi) is 7.16. The van der Waals surface area contributed by atoms with Gasteiger partial charge in [0.1, 0.15) is 11.6 Å². The van der Waals surface area contributed by atoms with Crippen molar-refractivity contribution in [3.63, 3.8) is 0 Å². The van der Waals surface area contributed by atoms with Crippen molar-refractivity contribution < 1.29 is 23.9 Å². The van der Waals surface area contributed by atoms with E-state index in [0.29, 0.717) is 29.3 Å². The highest BCUT2D eigenvalue weighted by atomic mass is 16.5. The molecule has 2 rings (SSSR count). The van der Waals surface area contributed by atoms with E-state index in [1.54, 1.807) is 45.0 Å². The van der Waals surface area contributed by atoms with Crippen molar-refractivity contribution in [1.82, 2.24) is 9.97 Å². The molecule has 0 fully saturated rings. The Balaban J connectivity index is 1.98. The number of nitrogens with zero attached hydrogens (tertiary/aromatic N) is 2. The predicted octanol–water partition coefficient (Wildman–Crippen LogP) is 2.49. The summed E-state index contributed by atoms with van der Waals surface area (Å²) in [6.45, 7) is 5.73. The van der Waals surface area contributed by atoms with Crippen molar-refractivity contribution in [2.75, 3.05) is 13.2 Å². The monoisotopic (exact) mass is 370 g/mol. The molecule has 0 amide bonds. The number of hydrogen-bond acceptors (Lipinski definition) is 7. The van der Waals surface area contributed by atoms with Crippen LogP contribution in [0.1, 0.15) is 51.6 Å². The Morgan fingerprint density at radius 1 is 0.926 bits per heavy atom. The third-order valence-corrected chi connectivity index (χ3v) is 3.75. The van der Waals surface area contributed by atoms with Crippen molar-refractivity contribution in [3.05, 3.63) is 58.7 Å². The largest absolute Gasteiger partial charge is 0.462 e. The van der Waals surface area contributed by atoms with E-state index in [1.807, 2.05) is 0 Å². The molecule has 1 heterocycles. The van der Waals surface area contributed by atoms with Crippen LogP contribution in [0.2, 0.25) is 0 Å². The molecule has 0 atom stereocenters. The highest BCUT2D eigenvalue weighted by Gasteiger charge is 2.15. The zero-order chi connectivity index (χ0) is 19.8. The van der Waals surface area contributed by atoms with Crippen molar-refractivity contribution >= 4 is 17.7 Å². The van der Waals surface area contributed by atoms with E-state index < -0.39 is 5.97 Å². The topological polar surface area (TPSA) is 95.5 Å². The fraction of sp³-hybridized carbons (Fsp3) is 0.350. The molecule has 27 heavy (non-hydrogen) atoms. The van der Waals surface area contributed by atoms with Crippen molar-refractivity contribution in [1.29, 1.82) is 0 Å². The number of Topliss-reactive ketones (excluding diaryl/α,β-unsaturated/α-hetero) is 1. The lowest BCUT2D eigenvalue weighted by Crippen LogP contribution is -2.13. The van der Waals surface area contributed by atoms with Crippen LogP contribution in [0.25, 0.3) is 0 Å².